The van der Waals surface area contributed by atoms with Gasteiger partial charge < -0.3 is 14.5 Å². The van der Waals surface area contributed by atoms with Crippen LogP contribution in [0, 0.1) is 0 Å². The fourth-order valence-electron chi connectivity index (χ4n) is 1.44. The van der Waals surface area contributed by atoms with E-state index in [1.54, 1.807) is 12.1 Å². The average molecular weight is 326 g/mol. The summed E-state index contributed by atoms with van der Waals surface area (Å²) in [5.41, 5.74) is 0.183. The van der Waals surface area contributed by atoms with Gasteiger partial charge >= 0.3 is 5.97 Å². The van der Waals surface area contributed by atoms with Crippen molar-refractivity contribution in [3.8, 4) is 0 Å². The van der Waals surface area contributed by atoms with E-state index in [0.717, 1.165) is 12.2 Å². The van der Waals surface area contributed by atoms with E-state index in [1.807, 2.05) is 12.1 Å². The Morgan fingerprint density at radius 2 is 2.21 bits per heavy atom. The second-order valence-electron chi connectivity index (χ2n) is 3.68. The van der Waals surface area contributed by atoms with Crippen LogP contribution in [0.5, 0.6) is 0 Å². The lowest BCUT2D eigenvalue weighted by molar-refractivity contribution is 0.0593. The van der Waals surface area contributed by atoms with E-state index in [0.29, 0.717) is 17.0 Å². The molecule has 0 atom stereocenters. The van der Waals surface area contributed by atoms with Gasteiger partial charge in [0.2, 0.25) is 0 Å². The van der Waals surface area contributed by atoms with E-state index in [2.05, 4.69) is 36.2 Å². The van der Waals surface area contributed by atoms with Crippen molar-refractivity contribution in [1.82, 2.24) is 10.2 Å². The van der Waals surface area contributed by atoms with Gasteiger partial charge in [-0.05, 0) is 40.2 Å². The molecular formula is C12H12BrN3O3. The van der Waals surface area contributed by atoms with Crippen molar-refractivity contribution in [3.63, 3.8) is 0 Å². The molecule has 7 heteroatoms. The number of ether oxygens (including phenoxy) is 1. The van der Waals surface area contributed by atoms with Crippen LogP contribution in [0.1, 0.15) is 16.2 Å². The first-order valence-corrected chi connectivity index (χ1v) is 6.38. The molecule has 1 N–H and O–H groups in total. The number of methoxy groups -OCH3 is 1. The van der Waals surface area contributed by atoms with Crippen molar-refractivity contribution in [2.75, 3.05) is 19.0 Å². The number of hydrogen-bond donors (Lipinski definition) is 1. The molecule has 6 nitrogen and oxygen atoms in total. The number of carbonyl (C=O) groups excluding carboxylic acids is 1. The molecule has 2 rings (SSSR count). The molecule has 0 spiro atoms. The van der Waals surface area contributed by atoms with Crippen LogP contribution in [-0.2, 0) is 11.2 Å². The molecule has 2 heterocycles. The maximum absolute atomic E-state index is 11.2. The predicted molar refractivity (Wildman–Crippen MR) is 72.0 cm³/mol. The lowest BCUT2D eigenvalue weighted by Gasteiger charge is -2.03. The zero-order chi connectivity index (χ0) is 13.7. The fourth-order valence-corrected chi connectivity index (χ4v) is 1.78. The Morgan fingerprint density at radius 3 is 2.79 bits per heavy atom. The topological polar surface area (TPSA) is 77.2 Å². The van der Waals surface area contributed by atoms with Crippen molar-refractivity contribution < 1.29 is 13.9 Å². The molecule has 0 aliphatic rings. The molecule has 0 radical (unpaired) electrons. The third-order valence-corrected chi connectivity index (χ3v) is 2.79. The largest absolute Gasteiger partial charge is 0.464 e. The van der Waals surface area contributed by atoms with Crippen LogP contribution in [0.25, 0.3) is 0 Å². The molecule has 0 aliphatic carbocycles. The molecule has 19 heavy (non-hydrogen) atoms. The van der Waals surface area contributed by atoms with Crippen LogP contribution < -0.4 is 5.32 Å². The molecule has 0 saturated heterocycles. The number of nitrogens with zero attached hydrogens (tertiary/aromatic N) is 2. The van der Waals surface area contributed by atoms with Crippen LogP contribution in [-0.4, -0.2) is 29.8 Å². The summed E-state index contributed by atoms with van der Waals surface area (Å²) in [6.45, 7) is 0.659. The van der Waals surface area contributed by atoms with E-state index >= 15 is 0 Å². The summed E-state index contributed by atoms with van der Waals surface area (Å²) in [6, 6.07) is 6.99. The van der Waals surface area contributed by atoms with Crippen molar-refractivity contribution >= 4 is 27.7 Å². The number of esters is 1. The molecule has 100 valence electrons. The number of anilines is 1. The number of furan rings is 1. The van der Waals surface area contributed by atoms with Gasteiger partial charge in [0.1, 0.15) is 11.6 Å². The summed E-state index contributed by atoms with van der Waals surface area (Å²) >= 11 is 3.24. The van der Waals surface area contributed by atoms with E-state index < -0.39 is 5.97 Å². The van der Waals surface area contributed by atoms with Gasteiger partial charge in [-0.1, -0.05) is 0 Å². The lowest BCUT2D eigenvalue weighted by Crippen LogP contribution is -2.09. The van der Waals surface area contributed by atoms with Gasteiger partial charge in [0.05, 0.1) is 7.11 Å². The van der Waals surface area contributed by atoms with Gasteiger partial charge in [-0.3, -0.25) is 0 Å². The Hall–Kier alpha value is -1.89. The Morgan fingerprint density at radius 1 is 1.37 bits per heavy atom. The minimum absolute atomic E-state index is 0.183. The molecule has 0 amide bonds. The zero-order valence-electron chi connectivity index (χ0n) is 10.2. The normalized spacial score (nSPS) is 10.2. The van der Waals surface area contributed by atoms with Crippen molar-refractivity contribution in [3.05, 3.63) is 40.4 Å². The smallest absolute Gasteiger partial charge is 0.358 e. The second-order valence-corrected chi connectivity index (χ2v) is 4.46. The van der Waals surface area contributed by atoms with Gasteiger partial charge in [0, 0.05) is 13.0 Å². The average Bonchev–Trinajstić information content (AvgIpc) is 2.84. The number of hydrogen-bond acceptors (Lipinski definition) is 6. The molecule has 0 aromatic carbocycles. The van der Waals surface area contributed by atoms with E-state index in [4.69, 9.17) is 4.42 Å². The number of rotatable bonds is 5. The third-order valence-electron chi connectivity index (χ3n) is 2.37. The standard InChI is InChI=1S/C12H12BrN3O3/c1-18-12(17)9-3-5-11(16-15-9)14-7-6-8-2-4-10(13)19-8/h2-5H,6-7H2,1H3,(H,14,16). The number of halogens is 1. The van der Waals surface area contributed by atoms with Crippen LogP contribution in [0.15, 0.2) is 33.4 Å². The summed E-state index contributed by atoms with van der Waals surface area (Å²) < 4.78 is 10.6. The highest BCUT2D eigenvalue weighted by molar-refractivity contribution is 9.10. The minimum Gasteiger partial charge on any atom is -0.464 e. The Bertz CT molecular complexity index is 554. The molecule has 0 aliphatic heterocycles. The number of nitrogens with one attached hydrogen (secondary N) is 1. The van der Waals surface area contributed by atoms with Crippen LogP contribution >= 0.6 is 15.9 Å². The summed E-state index contributed by atoms with van der Waals surface area (Å²) in [4.78, 5) is 11.2. The van der Waals surface area contributed by atoms with Crippen LogP contribution in [0.2, 0.25) is 0 Å². The van der Waals surface area contributed by atoms with E-state index in [9.17, 15) is 4.79 Å². The summed E-state index contributed by atoms with van der Waals surface area (Å²) in [5, 5.41) is 10.7. The molecule has 0 fully saturated rings. The summed E-state index contributed by atoms with van der Waals surface area (Å²) in [6.07, 6.45) is 0.728. The van der Waals surface area contributed by atoms with Crippen LogP contribution in [0.4, 0.5) is 5.82 Å². The highest BCUT2D eigenvalue weighted by Crippen LogP contribution is 2.14. The van der Waals surface area contributed by atoms with Crippen molar-refractivity contribution in [1.29, 1.82) is 0 Å². The predicted octanol–water partition coefficient (Wildman–Crippen LogP) is 2.27. The maximum Gasteiger partial charge on any atom is 0.358 e. The highest BCUT2D eigenvalue weighted by atomic mass is 79.9. The second kappa shape index (κ2) is 6.33. The van der Waals surface area contributed by atoms with Gasteiger partial charge in [-0.2, -0.15) is 0 Å². The maximum atomic E-state index is 11.2. The SMILES string of the molecule is COC(=O)c1ccc(NCCc2ccc(Br)o2)nn1. The van der Waals surface area contributed by atoms with Crippen molar-refractivity contribution in [2.45, 2.75) is 6.42 Å². The molecular weight excluding hydrogens is 314 g/mol. The third kappa shape index (κ3) is 3.78. The summed E-state index contributed by atoms with van der Waals surface area (Å²) in [5.74, 6) is 0.969. The van der Waals surface area contributed by atoms with Crippen LogP contribution in [0.3, 0.4) is 0 Å². The van der Waals surface area contributed by atoms with Gasteiger partial charge in [-0.15, -0.1) is 10.2 Å². The van der Waals surface area contributed by atoms with E-state index in [1.165, 1.54) is 7.11 Å². The van der Waals surface area contributed by atoms with Gasteiger partial charge in [-0.25, -0.2) is 4.79 Å². The number of carbonyl (C=O) groups is 1. The first-order valence-electron chi connectivity index (χ1n) is 5.59. The fraction of sp³-hybridized carbons (Fsp3) is 0.250. The van der Waals surface area contributed by atoms with Gasteiger partial charge in [0.25, 0.3) is 0 Å². The molecule has 0 saturated carbocycles. The monoisotopic (exact) mass is 325 g/mol. The molecule has 2 aromatic rings. The van der Waals surface area contributed by atoms with Gasteiger partial charge in [0.15, 0.2) is 10.4 Å². The van der Waals surface area contributed by atoms with Crippen molar-refractivity contribution in [2.24, 2.45) is 0 Å². The first kappa shape index (κ1) is 13.5. The Kier molecular flexibility index (Phi) is 4.51. The molecule has 2 aromatic heterocycles. The quantitative estimate of drug-likeness (QED) is 0.850. The minimum atomic E-state index is -0.500. The lowest BCUT2D eigenvalue weighted by atomic mass is 10.3. The molecule has 0 bridgehead atoms. The van der Waals surface area contributed by atoms with E-state index in [-0.39, 0.29) is 5.69 Å². The molecule has 0 unspecified atom stereocenters. The number of aromatic nitrogens is 2. The summed E-state index contributed by atoms with van der Waals surface area (Å²) in [7, 11) is 1.30. The zero-order valence-corrected chi connectivity index (χ0v) is 11.8. The Labute approximate surface area is 118 Å². The first-order chi connectivity index (χ1) is 9.19. The highest BCUT2D eigenvalue weighted by Gasteiger charge is 2.07. The Balaban J connectivity index is 1.84.